The van der Waals surface area contributed by atoms with Crippen LogP contribution in [0.1, 0.15) is 35.7 Å². The quantitative estimate of drug-likeness (QED) is 0.646. The molecule has 10 nitrogen and oxygen atoms in total. The summed E-state index contributed by atoms with van der Waals surface area (Å²) in [6.07, 6.45) is -0.101. The summed E-state index contributed by atoms with van der Waals surface area (Å²) in [4.78, 5) is 27.3. The van der Waals surface area contributed by atoms with Crippen molar-refractivity contribution in [1.82, 2.24) is 15.4 Å². The Hall–Kier alpha value is -3.11. The molecule has 3 atom stereocenters. The molecular formula is C23H33N5O5. The highest BCUT2D eigenvalue weighted by atomic mass is 16.5. The molecule has 0 radical (unpaired) electrons. The number of carbonyl (C=O) groups excluding carboxylic acids is 2. The second-order valence-electron chi connectivity index (χ2n) is 8.55. The first-order chi connectivity index (χ1) is 15.7. The molecule has 1 aromatic heterocycles. The summed E-state index contributed by atoms with van der Waals surface area (Å²) in [5, 5.41) is 12.8. The molecule has 33 heavy (non-hydrogen) atoms. The number of amides is 3. The van der Waals surface area contributed by atoms with E-state index in [0.29, 0.717) is 47.3 Å². The highest BCUT2D eigenvalue weighted by molar-refractivity contribution is 6.02. The summed E-state index contributed by atoms with van der Waals surface area (Å²) >= 11 is 0. The molecule has 3 N–H and O–H groups in total. The summed E-state index contributed by atoms with van der Waals surface area (Å²) in [5.74, 6) is 0.960. The first-order valence-corrected chi connectivity index (χ1v) is 11.0. The van der Waals surface area contributed by atoms with E-state index in [-0.39, 0.29) is 24.0 Å². The number of benzene rings is 1. The molecule has 0 aliphatic carbocycles. The van der Waals surface area contributed by atoms with Gasteiger partial charge in [0.05, 0.1) is 11.7 Å². The van der Waals surface area contributed by atoms with Gasteiger partial charge in [0.25, 0.3) is 5.91 Å². The number of urea groups is 1. The Labute approximate surface area is 194 Å². The molecule has 3 rings (SSSR count). The summed E-state index contributed by atoms with van der Waals surface area (Å²) in [5.41, 5.74) is 2.02. The van der Waals surface area contributed by atoms with Crippen LogP contribution in [0.5, 0.6) is 5.75 Å². The normalized spacial score (nSPS) is 21.9. The van der Waals surface area contributed by atoms with Gasteiger partial charge in [-0.05, 0) is 38.8 Å². The molecule has 0 unspecified atom stereocenters. The Bertz CT molecular complexity index is 972. The van der Waals surface area contributed by atoms with Gasteiger partial charge in [0.1, 0.15) is 23.7 Å². The molecule has 0 spiro atoms. The number of hydrogen-bond donors (Lipinski definition) is 3. The molecule has 2 heterocycles. The van der Waals surface area contributed by atoms with E-state index in [9.17, 15) is 9.59 Å². The predicted molar refractivity (Wildman–Crippen MR) is 125 cm³/mol. The number of methoxy groups -OCH3 is 1. The van der Waals surface area contributed by atoms with Crippen LogP contribution in [-0.2, 0) is 4.74 Å². The Morgan fingerprint density at radius 1 is 1.27 bits per heavy atom. The van der Waals surface area contributed by atoms with Crippen LogP contribution in [0.4, 0.5) is 16.2 Å². The molecular weight excluding hydrogens is 426 g/mol. The van der Waals surface area contributed by atoms with Gasteiger partial charge in [-0.3, -0.25) is 4.79 Å². The minimum Gasteiger partial charge on any atom is -0.491 e. The van der Waals surface area contributed by atoms with Gasteiger partial charge >= 0.3 is 6.03 Å². The Morgan fingerprint density at radius 2 is 2.03 bits per heavy atom. The number of rotatable bonds is 3. The van der Waals surface area contributed by atoms with Crippen LogP contribution in [0.25, 0.3) is 0 Å². The SMILES string of the molecule is CO[C@H]1CN(C)C(=O)c2ccc(NC(=O)Nc3c(C)noc3C)cc2OC[C@@H](C)NC[C@@H]1C. The molecule has 2 aromatic rings. The van der Waals surface area contributed by atoms with Crippen molar-refractivity contribution >= 4 is 23.3 Å². The van der Waals surface area contributed by atoms with Crippen LogP contribution < -0.4 is 20.7 Å². The molecule has 0 bridgehead atoms. The number of aromatic nitrogens is 1. The smallest absolute Gasteiger partial charge is 0.323 e. The fourth-order valence-corrected chi connectivity index (χ4v) is 3.67. The van der Waals surface area contributed by atoms with E-state index in [1.807, 2.05) is 6.92 Å². The lowest BCUT2D eigenvalue weighted by molar-refractivity contribution is 0.0281. The fourth-order valence-electron chi connectivity index (χ4n) is 3.67. The van der Waals surface area contributed by atoms with Crippen LogP contribution in [0, 0.1) is 19.8 Å². The largest absolute Gasteiger partial charge is 0.491 e. The van der Waals surface area contributed by atoms with E-state index < -0.39 is 6.03 Å². The lowest BCUT2D eigenvalue weighted by Crippen LogP contribution is -2.44. The molecule has 0 fully saturated rings. The van der Waals surface area contributed by atoms with E-state index in [4.69, 9.17) is 14.0 Å². The molecule has 0 saturated carbocycles. The average Bonchev–Trinajstić information content (AvgIpc) is 3.10. The minimum absolute atomic E-state index is 0.0597. The molecule has 3 amide bonds. The van der Waals surface area contributed by atoms with E-state index in [1.54, 1.807) is 51.1 Å². The second-order valence-corrected chi connectivity index (χ2v) is 8.55. The Balaban J connectivity index is 1.82. The van der Waals surface area contributed by atoms with Gasteiger partial charge < -0.3 is 34.8 Å². The van der Waals surface area contributed by atoms with Gasteiger partial charge in [0.15, 0.2) is 5.76 Å². The average molecular weight is 460 g/mol. The number of likely N-dealkylation sites (N-methyl/N-ethyl adjacent to an activating group) is 1. The van der Waals surface area contributed by atoms with Gasteiger partial charge in [0, 0.05) is 45.0 Å². The van der Waals surface area contributed by atoms with E-state index in [0.717, 1.165) is 6.54 Å². The van der Waals surface area contributed by atoms with E-state index in [2.05, 4.69) is 28.0 Å². The van der Waals surface area contributed by atoms with Gasteiger partial charge in [-0.2, -0.15) is 0 Å². The van der Waals surface area contributed by atoms with Crippen LogP contribution in [0.15, 0.2) is 22.7 Å². The molecule has 1 aliphatic heterocycles. The van der Waals surface area contributed by atoms with Crippen LogP contribution in [0.3, 0.4) is 0 Å². The maximum Gasteiger partial charge on any atom is 0.323 e. The number of nitrogens with one attached hydrogen (secondary N) is 3. The van der Waals surface area contributed by atoms with Crippen molar-refractivity contribution in [3.05, 3.63) is 35.2 Å². The van der Waals surface area contributed by atoms with Gasteiger partial charge in [-0.1, -0.05) is 12.1 Å². The second kappa shape index (κ2) is 10.7. The number of carbonyl (C=O) groups is 2. The van der Waals surface area contributed by atoms with Crippen molar-refractivity contribution in [2.75, 3.05) is 44.5 Å². The Morgan fingerprint density at radius 3 is 2.70 bits per heavy atom. The summed E-state index contributed by atoms with van der Waals surface area (Å²) in [6, 6.07) is 4.60. The monoisotopic (exact) mass is 459 g/mol. The van der Waals surface area contributed by atoms with Gasteiger partial charge in [0.2, 0.25) is 0 Å². The molecule has 180 valence electrons. The maximum absolute atomic E-state index is 13.2. The molecule has 0 saturated heterocycles. The minimum atomic E-state index is -0.451. The predicted octanol–water partition coefficient (Wildman–Crippen LogP) is 3.03. The molecule has 10 heteroatoms. The first-order valence-electron chi connectivity index (χ1n) is 11.0. The number of anilines is 2. The third kappa shape index (κ3) is 6.02. The van der Waals surface area contributed by atoms with Gasteiger partial charge in [-0.15, -0.1) is 0 Å². The number of hydrogen-bond acceptors (Lipinski definition) is 7. The van der Waals surface area contributed by atoms with Crippen molar-refractivity contribution in [2.45, 2.75) is 39.8 Å². The molecule has 1 aromatic carbocycles. The van der Waals surface area contributed by atoms with Crippen molar-refractivity contribution in [1.29, 1.82) is 0 Å². The lowest BCUT2D eigenvalue weighted by atomic mass is 10.0. The summed E-state index contributed by atoms with van der Waals surface area (Å²) < 4.78 is 16.7. The zero-order valence-electron chi connectivity index (χ0n) is 20.0. The van der Waals surface area contributed by atoms with Crippen LogP contribution in [-0.4, -0.2) is 68.0 Å². The first kappa shape index (κ1) is 24.5. The third-order valence-corrected chi connectivity index (χ3v) is 5.76. The van der Waals surface area contributed by atoms with Crippen molar-refractivity contribution in [3.63, 3.8) is 0 Å². The zero-order chi connectivity index (χ0) is 24.1. The number of aryl methyl sites for hydroxylation is 2. The van der Waals surface area contributed by atoms with Crippen molar-refractivity contribution in [2.24, 2.45) is 5.92 Å². The maximum atomic E-state index is 13.2. The summed E-state index contributed by atoms with van der Waals surface area (Å²) in [6.45, 7) is 9.13. The van der Waals surface area contributed by atoms with Crippen molar-refractivity contribution < 1.29 is 23.6 Å². The van der Waals surface area contributed by atoms with E-state index in [1.165, 1.54) is 0 Å². The highest BCUT2D eigenvalue weighted by Gasteiger charge is 2.25. The summed E-state index contributed by atoms with van der Waals surface area (Å²) in [7, 11) is 3.41. The number of fused-ring (bicyclic) bond motifs is 1. The lowest BCUT2D eigenvalue weighted by Gasteiger charge is -2.30. The zero-order valence-corrected chi connectivity index (χ0v) is 20.0. The van der Waals surface area contributed by atoms with Crippen LogP contribution >= 0.6 is 0 Å². The fraction of sp³-hybridized carbons (Fsp3) is 0.522. The topological polar surface area (TPSA) is 118 Å². The van der Waals surface area contributed by atoms with E-state index >= 15 is 0 Å². The third-order valence-electron chi connectivity index (χ3n) is 5.76. The van der Waals surface area contributed by atoms with Gasteiger partial charge in [-0.25, -0.2) is 4.79 Å². The number of ether oxygens (including phenoxy) is 2. The standard InChI is InChI=1S/C23H33N5O5/c1-13-10-24-14(2)12-32-19-9-17(25-23(30)26-21-15(3)27-33-16(21)4)7-8-18(19)22(29)28(5)11-20(13)31-6/h7-9,13-14,20,24H,10-12H2,1-6H3,(H2,25,26,30)/t13-,14+,20-/m0/s1. The Kier molecular flexibility index (Phi) is 7.93. The molecule has 1 aliphatic rings. The van der Waals surface area contributed by atoms with Crippen LogP contribution in [0.2, 0.25) is 0 Å². The number of nitrogens with zero attached hydrogens (tertiary/aromatic N) is 2. The highest BCUT2D eigenvalue weighted by Crippen LogP contribution is 2.26. The van der Waals surface area contributed by atoms with Crippen molar-refractivity contribution in [3.8, 4) is 5.75 Å².